The van der Waals surface area contributed by atoms with Gasteiger partial charge in [0.1, 0.15) is 4.75 Å². The molecule has 1 aromatic carbocycles. The summed E-state index contributed by atoms with van der Waals surface area (Å²) in [5, 5.41) is 0. The van der Waals surface area contributed by atoms with Crippen molar-refractivity contribution >= 4 is 22.9 Å². The van der Waals surface area contributed by atoms with Crippen molar-refractivity contribution in [3.8, 4) is 0 Å². The highest BCUT2D eigenvalue weighted by atomic mass is 32.2. The predicted molar refractivity (Wildman–Crippen MR) is 101 cm³/mol. The zero-order chi connectivity index (χ0) is 18.5. The van der Waals surface area contributed by atoms with Gasteiger partial charge in [-0.15, -0.1) is 4.72 Å². The Bertz CT molecular complexity index is 564. The van der Waals surface area contributed by atoms with E-state index in [1.165, 1.54) is 0 Å². The van der Waals surface area contributed by atoms with Crippen LogP contribution in [0.15, 0.2) is 36.9 Å². The molecule has 4 nitrogen and oxygen atoms in total. The lowest BCUT2D eigenvalue weighted by Crippen LogP contribution is -2.54. The number of ether oxygens (including phenoxy) is 1. The number of hydrogen-bond acceptors (Lipinski definition) is 4. The molecule has 0 spiro atoms. The maximum atomic E-state index is 12.6. The van der Waals surface area contributed by atoms with Gasteiger partial charge in [0.2, 0.25) is 0 Å². The first-order chi connectivity index (χ1) is 11.0. The van der Waals surface area contributed by atoms with Gasteiger partial charge in [0.25, 0.3) is 0 Å². The summed E-state index contributed by atoms with van der Waals surface area (Å²) in [5.74, 6) is -0.419. The summed E-state index contributed by atoms with van der Waals surface area (Å²) in [4.78, 5) is 12.5. The molecule has 0 saturated carbocycles. The van der Waals surface area contributed by atoms with Crippen LogP contribution in [0.2, 0.25) is 0 Å². The molecule has 0 aliphatic heterocycles. The van der Waals surface area contributed by atoms with Crippen molar-refractivity contribution in [2.45, 2.75) is 52.3 Å². The number of esters is 1. The van der Waals surface area contributed by atoms with E-state index in [2.05, 4.69) is 11.3 Å². The van der Waals surface area contributed by atoms with Crippen molar-refractivity contribution in [2.75, 3.05) is 6.61 Å². The number of carbonyl (C=O) groups is 1. The Morgan fingerprint density at radius 3 is 2.25 bits per heavy atom. The van der Waals surface area contributed by atoms with Crippen molar-refractivity contribution < 1.29 is 14.1 Å². The van der Waals surface area contributed by atoms with Gasteiger partial charge in [-0.2, -0.15) is 0 Å². The third-order valence-electron chi connectivity index (χ3n) is 3.93. The Morgan fingerprint density at radius 2 is 1.79 bits per heavy atom. The van der Waals surface area contributed by atoms with Gasteiger partial charge in [-0.05, 0) is 38.8 Å². The quantitative estimate of drug-likeness (QED) is 0.601. The molecular formula is C19H29NO3S. The molecule has 0 aliphatic rings. The van der Waals surface area contributed by atoms with E-state index in [9.17, 15) is 9.35 Å². The Kier molecular flexibility index (Phi) is 7.08. The van der Waals surface area contributed by atoms with E-state index in [-0.39, 0.29) is 6.61 Å². The number of hydrogen-bond donors (Lipinski definition) is 1. The van der Waals surface area contributed by atoms with Crippen LogP contribution in [0.25, 0.3) is 5.57 Å². The average Bonchev–Trinajstić information content (AvgIpc) is 2.51. The largest absolute Gasteiger partial charge is 0.598 e. The minimum absolute atomic E-state index is 0.271. The van der Waals surface area contributed by atoms with E-state index in [4.69, 9.17) is 4.74 Å². The number of rotatable bonds is 7. The Morgan fingerprint density at radius 1 is 1.25 bits per heavy atom. The topological polar surface area (TPSA) is 61.4 Å². The van der Waals surface area contributed by atoms with Gasteiger partial charge in [-0.25, -0.2) is 0 Å². The molecule has 0 radical (unpaired) electrons. The van der Waals surface area contributed by atoms with E-state index < -0.39 is 33.5 Å². The maximum absolute atomic E-state index is 12.6. The first-order valence-electron chi connectivity index (χ1n) is 8.11. The smallest absolute Gasteiger partial charge is 0.328 e. The van der Waals surface area contributed by atoms with Crippen molar-refractivity contribution in [1.82, 2.24) is 4.72 Å². The minimum Gasteiger partial charge on any atom is -0.598 e. The molecule has 0 saturated heterocycles. The summed E-state index contributed by atoms with van der Waals surface area (Å²) in [6.45, 7) is 15.6. The third kappa shape index (κ3) is 5.10. The molecule has 0 aliphatic carbocycles. The van der Waals surface area contributed by atoms with Crippen LogP contribution in [0, 0.1) is 5.41 Å². The summed E-state index contributed by atoms with van der Waals surface area (Å²) in [6, 6.07) is 8.93. The van der Waals surface area contributed by atoms with Crippen LogP contribution in [0.5, 0.6) is 0 Å². The first kappa shape index (κ1) is 20.7. The molecule has 5 heteroatoms. The lowest BCUT2D eigenvalue weighted by Gasteiger charge is -2.37. The SMILES string of the molecule is C=C(c1ccccc1)C(C)(C)[C@H](N[S+]([O-])C(C)(C)C)C(=O)OCC. The molecule has 1 aromatic rings. The predicted octanol–water partition coefficient (Wildman–Crippen LogP) is 3.71. The fourth-order valence-corrected chi connectivity index (χ4v) is 3.14. The summed E-state index contributed by atoms with van der Waals surface area (Å²) in [5.41, 5.74) is 1.06. The van der Waals surface area contributed by atoms with E-state index in [1.807, 2.05) is 65.0 Å². The van der Waals surface area contributed by atoms with Crippen molar-refractivity contribution in [3.63, 3.8) is 0 Å². The molecule has 0 heterocycles. The van der Waals surface area contributed by atoms with Crippen LogP contribution >= 0.6 is 0 Å². The second-order valence-corrected chi connectivity index (χ2v) is 9.25. The molecule has 0 aromatic heterocycles. The molecule has 1 rings (SSSR count). The summed E-state index contributed by atoms with van der Waals surface area (Å²) >= 11 is -1.40. The molecule has 0 bridgehead atoms. The molecule has 24 heavy (non-hydrogen) atoms. The van der Waals surface area contributed by atoms with Crippen LogP contribution in [0.3, 0.4) is 0 Å². The van der Waals surface area contributed by atoms with Gasteiger partial charge in [0.05, 0.1) is 6.61 Å². The van der Waals surface area contributed by atoms with Gasteiger partial charge < -0.3 is 9.29 Å². The summed E-state index contributed by atoms with van der Waals surface area (Å²) < 4.78 is 20.2. The van der Waals surface area contributed by atoms with E-state index in [0.29, 0.717) is 0 Å². The Hall–Kier alpha value is -1.30. The van der Waals surface area contributed by atoms with Gasteiger partial charge >= 0.3 is 5.97 Å². The molecule has 1 unspecified atom stereocenters. The number of nitrogens with one attached hydrogen (secondary N) is 1. The second kappa shape index (κ2) is 8.19. The van der Waals surface area contributed by atoms with Crippen molar-refractivity contribution in [3.05, 3.63) is 42.5 Å². The van der Waals surface area contributed by atoms with E-state index in [1.54, 1.807) is 6.92 Å². The Balaban J connectivity index is 3.16. The van der Waals surface area contributed by atoms with Crippen LogP contribution < -0.4 is 4.72 Å². The highest BCUT2D eigenvalue weighted by Crippen LogP contribution is 2.37. The van der Waals surface area contributed by atoms with Crippen molar-refractivity contribution in [2.24, 2.45) is 5.41 Å². The summed E-state index contributed by atoms with van der Waals surface area (Å²) in [6.07, 6.45) is 0. The monoisotopic (exact) mass is 351 g/mol. The van der Waals surface area contributed by atoms with Crippen molar-refractivity contribution in [1.29, 1.82) is 0 Å². The molecule has 134 valence electrons. The third-order valence-corrected chi connectivity index (χ3v) is 5.49. The Labute approximate surface area is 149 Å². The van der Waals surface area contributed by atoms with Gasteiger partial charge in [-0.3, -0.25) is 4.79 Å². The molecule has 0 fully saturated rings. The highest BCUT2D eigenvalue weighted by Gasteiger charge is 2.44. The normalized spacial score (nSPS) is 14.8. The molecule has 2 atom stereocenters. The van der Waals surface area contributed by atoms with Gasteiger partial charge in [0.15, 0.2) is 6.04 Å². The fraction of sp³-hybridized carbons (Fsp3) is 0.526. The first-order valence-corrected chi connectivity index (χ1v) is 9.26. The molecular weight excluding hydrogens is 322 g/mol. The maximum Gasteiger partial charge on any atom is 0.328 e. The van der Waals surface area contributed by atoms with E-state index in [0.717, 1.165) is 11.1 Å². The highest BCUT2D eigenvalue weighted by molar-refractivity contribution is 7.90. The number of benzene rings is 1. The lowest BCUT2D eigenvalue weighted by atomic mass is 9.75. The van der Waals surface area contributed by atoms with Gasteiger partial charge in [-0.1, -0.05) is 50.8 Å². The fourth-order valence-electron chi connectivity index (χ4n) is 2.19. The average molecular weight is 352 g/mol. The molecule has 0 amide bonds. The van der Waals surface area contributed by atoms with Crippen LogP contribution in [0.4, 0.5) is 0 Å². The second-order valence-electron chi connectivity index (χ2n) is 7.25. The number of carbonyl (C=O) groups excluding carboxylic acids is 1. The van der Waals surface area contributed by atoms with E-state index >= 15 is 0 Å². The molecule has 1 N–H and O–H groups in total. The zero-order valence-corrected chi connectivity index (χ0v) is 16.3. The zero-order valence-electron chi connectivity index (χ0n) is 15.5. The summed E-state index contributed by atoms with van der Waals surface area (Å²) in [7, 11) is 0. The van der Waals surface area contributed by atoms with Crippen LogP contribution in [-0.4, -0.2) is 27.9 Å². The lowest BCUT2D eigenvalue weighted by molar-refractivity contribution is -0.147. The van der Waals surface area contributed by atoms with Crippen LogP contribution in [-0.2, 0) is 20.9 Å². The minimum atomic E-state index is -1.40. The van der Waals surface area contributed by atoms with Crippen LogP contribution in [0.1, 0.15) is 47.1 Å². The standard InChI is InChI=1S/C19H29NO3S/c1-8-23-17(21)16(20-24(22)18(3,4)5)19(6,7)14(2)15-12-10-9-11-13-15/h9-13,16,20H,2,8H2,1,3-7H3/t16-,24?/m1/s1. The van der Waals surface area contributed by atoms with Gasteiger partial charge in [0, 0.05) is 16.8 Å².